The molecule has 1 heterocycles. The van der Waals surface area contributed by atoms with E-state index in [1.807, 2.05) is 18.2 Å². The molecule has 0 atom stereocenters. The molecule has 0 aliphatic heterocycles. The van der Waals surface area contributed by atoms with Crippen LogP contribution in [0, 0.1) is 6.92 Å². The van der Waals surface area contributed by atoms with Gasteiger partial charge in [-0.05, 0) is 49.4 Å². The van der Waals surface area contributed by atoms with Crippen molar-refractivity contribution in [3.8, 4) is 5.69 Å². The number of nitrogens with zero attached hydrogens (tertiary/aromatic N) is 3. The van der Waals surface area contributed by atoms with Crippen LogP contribution in [0.2, 0.25) is 0 Å². The van der Waals surface area contributed by atoms with Gasteiger partial charge < -0.3 is 5.32 Å². The lowest BCUT2D eigenvalue weighted by Crippen LogP contribution is -2.38. The molecule has 4 rings (SSSR count). The predicted molar refractivity (Wildman–Crippen MR) is 139 cm³/mol. The molecule has 10 heteroatoms. The number of nitrogens with one attached hydrogen (secondary N) is 1. The Labute approximate surface area is 211 Å². The molecule has 180 valence electrons. The smallest absolute Gasteiger partial charge is 0.295 e. The van der Waals surface area contributed by atoms with E-state index >= 15 is 0 Å². The van der Waals surface area contributed by atoms with Crippen molar-refractivity contribution in [1.82, 2.24) is 9.36 Å². The van der Waals surface area contributed by atoms with Crippen molar-refractivity contribution in [2.75, 3.05) is 16.2 Å². The third-order valence-electron chi connectivity index (χ3n) is 5.53. The highest BCUT2D eigenvalue weighted by atomic mass is 79.9. The van der Waals surface area contributed by atoms with Gasteiger partial charge in [-0.15, -0.1) is 0 Å². The molecule has 35 heavy (non-hydrogen) atoms. The maximum atomic E-state index is 13.5. The first-order valence-corrected chi connectivity index (χ1v) is 12.9. The van der Waals surface area contributed by atoms with Crippen molar-refractivity contribution in [1.29, 1.82) is 0 Å². The van der Waals surface area contributed by atoms with Crippen molar-refractivity contribution in [3.63, 3.8) is 0 Å². The lowest BCUT2D eigenvalue weighted by Gasteiger charge is -2.24. The van der Waals surface area contributed by atoms with E-state index in [9.17, 15) is 18.0 Å². The maximum Gasteiger partial charge on any atom is 0.295 e. The van der Waals surface area contributed by atoms with Crippen LogP contribution in [-0.2, 0) is 21.9 Å². The fourth-order valence-electron chi connectivity index (χ4n) is 3.69. The fourth-order valence-corrected chi connectivity index (χ4v) is 5.51. The largest absolute Gasteiger partial charge is 0.318 e. The zero-order valence-corrected chi connectivity index (χ0v) is 21.5. The molecule has 0 saturated carbocycles. The van der Waals surface area contributed by atoms with Gasteiger partial charge in [-0.1, -0.05) is 58.4 Å². The molecule has 0 aliphatic carbocycles. The van der Waals surface area contributed by atoms with Crippen LogP contribution in [0.25, 0.3) is 5.69 Å². The maximum absolute atomic E-state index is 13.5. The van der Waals surface area contributed by atoms with Crippen molar-refractivity contribution < 1.29 is 13.2 Å². The second-order valence-corrected chi connectivity index (χ2v) is 10.6. The molecular formula is C25H23BrN4O4S. The van der Waals surface area contributed by atoms with E-state index in [4.69, 9.17) is 0 Å². The average Bonchev–Trinajstić information content (AvgIpc) is 3.06. The van der Waals surface area contributed by atoms with E-state index in [-0.39, 0.29) is 10.6 Å². The van der Waals surface area contributed by atoms with Crippen molar-refractivity contribution in [2.24, 2.45) is 7.05 Å². The molecule has 4 aromatic rings. The quantitative estimate of drug-likeness (QED) is 0.372. The number of carbonyl (C=O) groups excluding carboxylic acids is 1. The first kappa shape index (κ1) is 24.5. The van der Waals surface area contributed by atoms with Crippen LogP contribution >= 0.6 is 15.9 Å². The number of aromatic nitrogens is 2. The Kier molecular flexibility index (Phi) is 6.95. The number of carbonyl (C=O) groups is 1. The molecule has 8 nitrogen and oxygen atoms in total. The highest BCUT2D eigenvalue weighted by Crippen LogP contribution is 2.26. The summed E-state index contributed by atoms with van der Waals surface area (Å²) in [4.78, 5) is 26.3. The zero-order valence-electron chi connectivity index (χ0n) is 19.1. The van der Waals surface area contributed by atoms with Gasteiger partial charge >= 0.3 is 0 Å². The third kappa shape index (κ3) is 4.94. The second kappa shape index (κ2) is 9.93. The number of anilines is 2. The molecule has 0 bridgehead atoms. The second-order valence-electron chi connectivity index (χ2n) is 7.79. The number of halogens is 1. The minimum atomic E-state index is -4.06. The van der Waals surface area contributed by atoms with Gasteiger partial charge in [0.1, 0.15) is 12.2 Å². The topological polar surface area (TPSA) is 93.4 Å². The lowest BCUT2D eigenvalue weighted by atomic mass is 10.3. The van der Waals surface area contributed by atoms with Crippen molar-refractivity contribution in [2.45, 2.75) is 11.8 Å². The Hall–Kier alpha value is -3.63. The van der Waals surface area contributed by atoms with Crippen LogP contribution in [-0.4, -0.2) is 30.2 Å². The van der Waals surface area contributed by atoms with Crippen LogP contribution < -0.4 is 15.2 Å². The number of hydrogen-bond donors (Lipinski definition) is 1. The SMILES string of the molecule is Cc1c(NC(=O)CN(c2cccc(Br)c2)S(=O)(=O)c2ccccc2)c(=O)n(-c2ccccc2)n1C. The summed E-state index contributed by atoms with van der Waals surface area (Å²) in [5, 5.41) is 2.64. The average molecular weight is 555 g/mol. The minimum Gasteiger partial charge on any atom is -0.318 e. The van der Waals surface area contributed by atoms with Gasteiger partial charge in [-0.25, -0.2) is 13.1 Å². The Bertz CT molecular complexity index is 1530. The molecule has 0 unspecified atom stereocenters. The molecular weight excluding hydrogens is 532 g/mol. The summed E-state index contributed by atoms with van der Waals surface area (Å²) in [6, 6.07) is 23.6. The molecule has 1 N–H and O–H groups in total. The first-order chi connectivity index (χ1) is 16.7. The summed E-state index contributed by atoms with van der Waals surface area (Å²) >= 11 is 3.36. The van der Waals surface area contributed by atoms with E-state index in [2.05, 4.69) is 21.2 Å². The van der Waals surface area contributed by atoms with Gasteiger partial charge in [-0.3, -0.25) is 18.6 Å². The normalized spacial score (nSPS) is 11.3. The monoisotopic (exact) mass is 554 g/mol. The van der Waals surface area contributed by atoms with Crippen LogP contribution in [0.5, 0.6) is 0 Å². The molecule has 1 amide bonds. The van der Waals surface area contributed by atoms with Crippen LogP contribution in [0.3, 0.4) is 0 Å². The zero-order chi connectivity index (χ0) is 25.2. The lowest BCUT2D eigenvalue weighted by molar-refractivity contribution is -0.114. The fraction of sp³-hybridized carbons (Fsp3) is 0.120. The van der Waals surface area contributed by atoms with Gasteiger partial charge in [0.25, 0.3) is 15.6 Å². The summed E-state index contributed by atoms with van der Waals surface area (Å²) in [7, 11) is -2.35. The van der Waals surface area contributed by atoms with E-state index < -0.39 is 28.0 Å². The van der Waals surface area contributed by atoms with Gasteiger partial charge in [0, 0.05) is 11.5 Å². The van der Waals surface area contributed by atoms with Crippen LogP contribution in [0.1, 0.15) is 5.69 Å². The Morgan fingerprint density at radius 2 is 1.60 bits per heavy atom. The number of sulfonamides is 1. The van der Waals surface area contributed by atoms with E-state index in [1.54, 1.807) is 73.3 Å². The molecule has 0 fully saturated rings. The number of rotatable bonds is 7. The van der Waals surface area contributed by atoms with E-state index in [1.165, 1.54) is 16.8 Å². The number of benzene rings is 3. The Balaban J connectivity index is 1.69. The van der Waals surface area contributed by atoms with Gasteiger partial charge in [0.15, 0.2) is 0 Å². The van der Waals surface area contributed by atoms with Gasteiger partial charge in [0.2, 0.25) is 5.91 Å². The number of hydrogen-bond acceptors (Lipinski definition) is 4. The van der Waals surface area contributed by atoms with Gasteiger partial charge in [-0.2, -0.15) is 0 Å². The first-order valence-electron chi connectivity index (χ1n) is 10.7. The Morgan fingerprint density at radius 3 is 2.23 bits per heavy atom. The molecule has 3 aromatic carbocycles. The van der Waals surface area contributed by atoms with Crippen LogP contribution in [0.15, 0.2) is 99.1 Å². The molecule has 0 radical (unpaired) electrons. The molecule has 0 saturated heterocycles. The van der Waals surface area contributed by atoms with E-state index in [0.717, 1.165) is 4.31 Å². The van der Waals surface area contributed by atoms with Crippen molar-refractivity contribution >= 4 is 43.2 Å². The highest BCUT2D eigenvalue weighted by molar-refractivity contribution is 9.10. The van der Waals surface area contributed by atoms with Crippen LogP contribution in [0.4, 0.5) is 11.4 Å². The molecule has 0 aliphatic rings. The summed E-state index contributed by atoms with van der Waals surface area (Å²) in [6.07, 6.45) is 0. The Morgan fingerprint density at radius 1 is 0.971 bits per heavy atom. The third-order valence-corrected chi connectivity index (χ3v) is 7.81. The summed E-state index contributed by atoms with van der Waals surface area (Å²) < 4.78 is 31.7. The summed E-state index contributed by atoms with van der Waals surface area (Å²) in [6.45, 7) is 1.19. The summed E-state index contributed by atoms with van der Waals surface area (Å²) in [5.74, 6) is -0.643. The van der Waals surface area contributed by atoms with Crippen molar-refractivity contribution in [3.05, 3.63) is 105 Å². The molecule has 1 aromatic heterocycles. The molecule has 0 spiro atoms. The highest BCUT2D eigenvalue weighted by Gasteiger charge is 2.28. The number of para-hydroxylation sites is 1. The predicted octanol–water partition coefficient (Wildman–Crippen LogP) is 4.08. The number of amides is 1. The van der Waals surface area contributed by atoms with E-state index in [0.29, 0.717) is 21.5 Å². The van der Waals surface area contributed by atoms with Gasteiger partial charge in [0.05, 0.1) is 22.0 Å². The minimum absolute atomic E-state index is 0.0510. The summed E-state index contributed by atoms with van der Waals surface area (Å²) in [5.41, 5.74) is 1.17. The standard InChI is InChI=1S/C25H23BrN4O4S/c1-18-24(25(32)30(28(18)2)20-11-5-3-6-12-20)27-23(31)17-29(21-13-9-10-19(26)16-21)35(33,34)22-14-7-4-8-15-22/h3-16H,17H2,1-2H3,(H,27,31).